The van der Waals surface area contributed by atoms with E-state index >= 15 is 0 Å². The van der Waals surface area contributed by atoms with Gasteiger partial charge >= 0.3 is 0 Å². The molecule has 124 valence electrons. The van der Waals surface area contributed by atoms with E-state index in [0.29, 0.717) is 19.0 Å². The Morgan fingerprint density at radius 2 is 2.18 bits per heavy atom. The first-order valence-corrected chi connectivity index (χ1v) is 9.20. The number of hydrogen-bond acceptors (Lipinski definition) is 4. The molecule has 1 aromatic rings. The number of rotatable bonds is 10. The smallest absolute Gasteiger partial charge is 0.213 e. The number of guanidine groups is 1. The van der Waals surface area contributed by atoms with Crippen LogP contribution in [0.15, 0.2) is 23.3 Å². The highest BCUT2D eigenvalue weighted by Gasteiger charge is 2.00. The zero-order valence-corrected chi connectivity index (χ0v) is 14.7. The molecule has 0 spiro atoms. The highest BCUT2D eigenvalue weighted by molar-refractivity contribution is 7.98. The van der Waals surface area contributed by atoms with Crippen LogP contribution in [-0.2, 0) is 6.54 Å². The average Bonchev–Trinajstić information content (AvgIpc) is 2.56. The van der Waals surface area contributed by atoms with Crippen LogP contribution in [0.2, 0.25) is 0 Å². The Hall–Kier alpha value is -1.43. The van der Waals surface area contributed by atoms with Gasteiger partial charge in [-0.3, -0.25) is 4.99 Å². The van der Waals surface area contributed by atoms with Gasteiger partial charge in [-0.2, -0.15) is 11.8 Å². The second kappa shape index (κ2) is 12.1. The molecule has 1 rings (SSSR count). The van der Waals surface area contributed by atoms with Crippen molar-refractivity contribution in [2.75, 3.05) is 32.2 Å². The lowest BCUT2D eigenvalue weighted by Gasteiger charge is -2.12. The van der Waals surface area contributed by atoms with Crippen LogP contribution in [0.25, 0.3) is 0 Å². The van der Waals surface area contributed by atoms with Gasteiger partial charge in [0, 0.05) is 32.4 Å². The fourth-order valence-corrected chi connectivity index (χ4v) is 2.28. The fourth-order valence-electron chi connectivity index (χ4n) is 1.79. The summed E-state index contributed by atoms with van der Waals surface area (Å²) in [5.41, 5.74) is 1.11. The van der Waals surface area contributed by atoms with Crippen molar-refractivity contribution in [3.05, 3.63) is 23.9 Å². The molecule has 0 aliphatic carbocycles. The van der Waals surface area contributed by atoms with Gasteiger partial charge in [-0.05, 0) is 36.8 Å². The van der Waals surface area contributed by atoms with Crippen molar-refractivity contribution in [3.8, 4) is 5.88 Å². The summed E-state index contributed by atoms with van der Waals surface area (Å²) in [6, 6.07) is 3.93. The predicted molar refractivity (Wildman–Crippen MR) is 95.8 cm³/mol. The Morgan fingerprint density at radius 1 is 1.32 bits per heavy atom. The number of hydrogen-bond donors (Lipinski definition) is 2. The molecular weight excluding hydrogens is 296 g/mol. The lowest BCUT2D eigenvalue weighted by molar-refractivity contribution is 0.305. The molecule has 1 aromatic heterocycles. The zero-order chi connectivity index (χ0) is 16.0. The van der Waals surface area contributed by atoms with Crippen molar-refractivity contribution in [1.82, 2.24) is 15.6 Å². The summed E-state index contributed by atoms with van der Waals surface area (Å²) < 4.78 is 5.47. The first-order valence-electron chi connectivity index (χ1n) is 7.81. The van der Waals surface area contributed by atoms with Gasteiger partial charge in [0.15, 0.2) is 5.96 Å². The summed E-state index contributed by atoms with van der Waals surface area (Å²) in [5.74, 6) is 2.73. The molecule has 0 aliphatic rings. The molecular formula is C16H28N4OS. The lowest BCUT2D eigenvalue weighted by atomic mass is 10.3. The topological polar surface area (TPSA) is 58.5 Å². The van der Waals surface area contributed by atoms with Gasteiger partial charge in [0.05, 0.1) is 6.61 Å². The minimum atomic E-state index is 0.682. The van der Waals surface area contributed by atoms with Crippen LogP contribution in [0.4, 0.5) is 0 Å². The van der Waals surface area contributed by atoms with Gasteiger partial charge in [-0.1, -0.05) is 13.0 Å². The summed E-state index contributed by atoms with van der Waals surface area (Å²) in [6.45, 7) is 4.43. The first-order chi connectivity index (χ1) is 10.8. The molecule has 0 atom stereocenters. The molecule has 6 heteroatoms. The summed E-state index contributed by atoms with van der Waals surface area (Å²) in [4.78, 5) is 8.51. The van der Waals surface area contributed by atoms with Crippen molar-refractivity contribution >= 4 is 17.7 Å². The van der Waals surface area contributed by atoms with Gasteiger partial charge in [-0.15, -0.1) is 0 Å². The monoisotopic (exact) mass is 324 g/mol. The van der Waals surface area contributed by atoms with Gasteiger partial charge in [0.2, 0.25) is 5.88 Å². The van der Waals surface area contributed by atoms with Crippen LogP contribution < -0.4 is 15.4 Å². The van der Waals surface area contributed by atoms with Crippen molar-refractivity contribution in [2.24, 2.45) is 4.99 Å². The Balaban J connectivity index is 2.27. The number of nitrogens with one attached hydrogen (secondary N) is 2. The normalized spacial score (nSPS) is 11.3. The van der Waals surface area contributed by atoms with E-state index in [1.165, 1.54) is 12.2 Å². The van der Waals surface area contributed by atoms with Gasteiger partial charge in [0.1, 0.15) is 0 Å². The standard InChI is InChI=1S/C16H28N4OS/c1-4-10-21-15-8-7-14(12-19-15)13-20-16(17-2)18-9-5-6-11-22-3/h7-8,12H,4-6,9-11,13H2,1-3H3,(H2,17,18,20). The minimum Gasteiger partial charge on any atom is -0.478 e. The highest BCUT2D eigenvalue weighted by atomic mass is 32.2. The molecule has 0 aromatic carbocycles. The maximum absolute atomic E-state index is 5.47. The van der Waals surface area contributed by atoms with Crippen molar-refractivity contribution in [3.63, 3.8) is 0 Å². The van der Waals surface area contributed by atoms with E-state index in [0.717, 1.165) is 30.9 Å². The number of unbranched alkanes of at least 4 members (excludes halogenated alkanes) is 1. The fraction of sp³-hybridized carbons (Fsp3) is 0.625. The van der Waals surface area contributed by atoms with Crippen molar-refractivity contribution < 1.29 is 4.74 Å². The van der Waals surface area contributed by atoms with E-state index in [1.807, 2.05) is 30.1 Å². The third-order valence-electron chi connectivity index (χ3n) is 3.00. The van der Waals surface area contributed by atoms with Gasteiger partial charge < -0.3 is 15.4 Å². The number of aliphatic imine (C=N–C) groups is 1. The minimum absolute atomic E-state index is 0.682. The number of ether oxygens (including phenoxy) is 1. The molecule has 0 aliphatic heterocycles. The van der Waals surface area contributed by atoms with E-state index in [4.69, 9.17) is 4.74 Å². The van der Waals surface area contributed by atoms with Crippen LogP contribution in [0.5, 0.6) is 5.88 Å². The Kier molecular flexibility index (Phi) is 10.3. The van der Waals surface area contributed by atoms with E-state index in [1.54, 1.807) is 7.05 Å². The maximum atomic E-state index is 5.47. The van der Waals surface area contributed by atoms with Crippen molar-refractivity contribution in [1.29, 1.82) is 0 Å². The van der Waals surface area contributed by atoms with Crippen LogP contribution in [0.3, 0.4) is 0 Å². The van der Waals surface area contributed by atoms with Crippen LogP contribution in [0.1, 0.15) is 31.7 Å². The summed E-state index contributed by atoms with van der Waals surface area (Å²) in [6.07, 6.45) is 7.36. The Labute approximate surface area is 138 Å². The SMILES string of the molecule is CCCOc1ccc(CNC(=NC)NCCCCSC)cn1. The van der Waals surface area contributed by atoms with Crippen LogP contribution >= 0.6 is 11.8 Å². The summed E-state index contributed by atoms with van der Waals surface area (Å²) in [7, 11) is 1.79. The van der Waals surface area contributed by atoms with E-state index in [2.05, 4.69) is 33.8 Å². The molecule has 0 saturated carbocycles. The van der Waals surface area contributed by atoms with Crippen LogP contribution in [-0.4, -0.2) is 43.2 Å². The molecule has 5 nitrogen and oxygen atoms in total. The second-order valence-electron chi connectivity index (χ2n) is 4.91. The lowest BCUT2D eigenvalue weighted by Crippen LogP contribution is -2.37. The van der Waals surface area contributed by atoms with Crippen LogP contribution in [0, 0.1) is 0 Å². The number of aromatic nitrogens is 1. The average molecular weight is 324 g/mol. The maximum Gasteiger partial charge on any atom is 0.213 e. The summed E-state index contributed by atoms with van der Waals surface area (Å²) in [5, 5.41) is 6.61. The molecule has 2 N–H and O–H groups in total. The quantitative estimate of drug-likeness (QED) is 0.394. The predicted octanol–water partition coefficient (Wildman–Crippen LogP) is 2.68. The first kappa shape index (κ1) is 18.6. The molecule has 0 saturated heterocycles. The molecule has 0 bridgehead atoms. The molecule has 0 fully saturated rings. The van der Waals surface area contributed by atoms with E-state index in [-0.39, 0.29) is 0 Å². The van der Waals surface area contributed by atoms with Gasteiger partial charge in [0.25, 0.3) is 0 Å². The molecule has 1 heterocycles. The molecule has 0 unspecified atom stereocenters. The van der Waals surface area contributed by atoms with E-state index in [9.17, 15) is 0 Å². The van der Waals surface area contributed by atoms with Crippen molar-refractivity contribution in [2.45, 2.75) is 32.7 Å². The van der Waals surface area contributed by atoms with Gasteiger partial charge in [-0.25, -0.2) is 4.98 Å². The largest absolute Gasteiger partial charge is 0.478 e. The Bertz CT molecular complexity index is 423. The number of pyridine rings is 1. The third-order valence-corrected chi connectivity index (χ3v) is 3.70. The number of thioether (sulfide) groups is 1. The molecule has 0 amide bonds. The third kappa shape index (κ3) is 8.12. The number of nitrogens with zero attached hydrogens (tertiary/aromatic N) is 2. The highest BCUT2D eigenvalue weighted by Crippen LogP contribution is 2.07. The molecule has 22 heavy (non-hydrogen) atoms. The zero-order valence-electron chi connectivity index (χ0n) is 13.9. The van der Waals surface area contributed by atoms with E-state index < -0.39 is 0 Å². The Morgan fingerprint density at radius 3 is 2.82 bits per heavy atom. The molecule has 0 radical (unpaired) electrons. The summed E-state index contributed by atoms with van der Waals surface area (Å²) >= 11 is 1.89. The second-order valence-corrected chi connectivity index (χ2v) is 5.89.